The zero-order valence-electron chi connectivity index (χ0n) is 12.8. The first-order valence-corrected chi connectivity index (χ1v) is 7.99. The van der Waals surface area contributed by atoms with Crippen LogP contribution in [-0.4, -0.2) is 32.2 Å². The average molecular weight is 280 g/mol. The van der Waals surface area contributed by atoms with Crippen LogP contribution >= 0.6 is 0 Å². The first kappa shape index (κ1) is 14.3. The first-order chi connectivity index (χ1) is 9.48. The maximum Gasteiger partial charge on any atom is 0.226 e. The highest BCUT2D eigenvalue weighted by Crippen LogP contribution is 2.65. The molecule has 4 bridgehead atoms. The van der Waals surface area contributed by atoms with Gasteiger partial charge in [0.1, 0.15) is 0 Å². The molecule has 4 aliphatic rings. The van der Waals surface area contributed by atoms with Crippen molar-refractivity contribution < 1.29 is 9.53 Å². The number of hydrogen-bond donors (Lipinski definition) is 2. The highest BCUT2D eigenvalue weighted by atomic mass is 16.5. The van der Waals surface area contributed by atoms with E-state index in [1.54, 1.807) is 7.11 Å². The van der Waals surface area contributed by atoms with E-state index in [4.69, 9.17) is 10.5 Å². The van der Waals surface area contributed by atoms with E-state index in [1.165, 1.54) is 19.3 Å². The minimum absolute atomic E-state index is 0.0479. The highest BCUT2D eigenvalue weighted by molar-refractivity contribution is 5.83. The summed E-state index contributed by atoms with van der Waals surface area (Å²) in [5.41, 5.74) is 6.02. The number of amides is 1. The zero-order valence-corrected chi connectivity index (χ0v) is 12.8. The van der Waals surface area contributed by atoms with Crippen LogP contribution in [0, 0.1) is 22.7 Å². The second-order valence-electron chi connectivity index (χ2n) is 7.91. The van der Waals surface area contributed by atoms with Gasteiger partial charge in [0.15, 0.2) is 0 Å². The number of carbonyl (C=O) groups excluding carboxylic acids is 1. The molecule has 0 aliphatic heterocycles. The molecule has 4 saturated carbocycles. The molecule has 3 unspecified atom stereocenters. The van der Waals surface area contributed by atoms with Crippen LogP contribution in [0.4, 0.5) is 0 Å². The maximum atomic E-state index is 12.9. The van der Waals surface area contributed by atoms with Gasteiger partial charge >= 0.3 is 0 Å². The van der Waals surface area contributed by atoms with Gasteiger partial charge in [-0.1, -0.05) is 6.92 Å². The third-order valence-electron chi connectivity index (χ3n) is 5.82. The number of carbonyl (C=O) groups is 1. The van der Waals surface area contributed by atoms with Crippen molar-refractivity contribution in [1.82, 2.24) is 5.32 Å². The molecule has 0 spiro atoms. The fraction of sp³-hybridized carbons (Fsp3) is 0.938. The molecule has 3 atom stereocenters. The highest BCUT2D eigenvalue weighted by Gasteiger charge is 2.58. The average Bonchev–Trinajstić information content (AvgIpc) is 2.35. The number of methoxy groups -OCH3 is 1. The second kappa shape index (κ2) is 4.99. The number of hydrogen-bond acceptors (Lipinski definition) is 3. The Kier molecular flexibility index (Phi) is 3.57. The number of nitrogens with one attached hydrogen (secondary N) is 1. The molecule has 0 aromatic rings. The van der Waals surface area contributed by atoms with Crippen LogP contribution in [0.2, 0.25) is 0 Å². The van der Waals surface area contributed by atoms with Crippen molar-refractivity contribution in [2.75, 3.05) is 20.3 Å². The Hall–Kier alpha value is -0.610. The molecule has 20 heavy (non-hydrogen) atoms. The van der Waals surface area contributed by atoms with Crippen molar-refractivity contribution >= 4 is 5.91 Å². The monoisotopic (exact) mass is 280 g/mol. The lowest BCUT2D eigenvalue weighted by Crippen LogP contribution is -2.59. The van der Waals surface area contributed by atoms with Gasteiger partial charge in [0.05, 0.1) is 18.1 Å². The largest absolute Gasteiger partial charge is 0.383 e. The van der Waals surface area contributed by atoms with Gasteiger partial charge in [-0.25, -0.2) is 0 Å². The second-order valence-corrected chi connectivity index (χ2v) is 7.91. The minimum atomic E-state index is -0.111. The van der Waals surface area contributed by atoms with Gasteiger partial charge in [0.25, 0.3) is 0 Å². The topological polar surface area (TPSA) is 64.3 Å². The SMILES string of the molecule is COCC(CN)NC(=O)C12CC3CC(CC(C)(C3)C1)C2. The molecule has 4 heteroatoms. The number of rotatable bonds is 5. The van der Waals surface area contributed by atoms with Gasteiger partial charge < -0.3 is 15.8 Å². The van der Waals surface area contributed by atoms with Gasteiger partial charge in [-0.2, -0.15) is 0 Å². The molecule has 4 rings (SSSR count). The third-order valence-corrected chi connectivity index (χ3v) is 5.82. The van der Waals surface area contributed by atoms with Crippen LogP contribution in [-0.2, 0) is 9.53 Å². The Balaban J connectivity index is 1.74. The lowest BCUT2D eigenvalue weighted by molar-refractivity contribution is -0.156. The molecule has 114 valence electrons. The van der Waals surface area contributed by atoms with Crippen molar-refractivity contribution in [2.24, 2.45) is 28.4 Å². The molecule has 0 heterocycles. The Labute approximate surface area is 121 Å². The summed E-state index contributed by atoms with van der Waals surface area (Å²) in [5, 5.41) is 3.15. The van der Waals surface area contributed by atoms with E-state index in [0.717, 1.165) is 31.1 Å². The van der Waals surface area contributed by atoms with E-state index in [9.17, 15) is 4.79 Å². The van der Waals surface area contributed by atoms with Crippen LogP contribution in [0.15, 0.2) is 0 Å². The molecule has 0 radical (unpaired) electrons. The van der Waals surface area contributed by atoms with Crippen molar-refractivity contribution in [3.63, 3.8) is 0 Å². The summed E-state index contributed by atoms with van der Waals surface area (Å²) in [6.07, 6.45) is 7.27. The Bertz CT molecular complexity index is 382. The van der Waals surface area contributed by atoms with E-state index in [1.807, 2.05) is 0 Å². The molecule has 4 nitrogen and oxygen atoms in total. The lowest BCUT2D eigenvalue weighted by atomic mass is 9.44. The Morgan fingerprint density at radius 3 is 2.50 bits per heavy atom. The van der Waals surface area contributed by atoms with E-state index < -0.39 is 0 Å². The lowest BCUT2D eigenvalue weighted by Gasteiger charge is -2.60. The Morgan fingerprint density at radius 2 is 2.00 bits per heavy atom. The summed E-state index contributed by atoms with van der Waals surface area (Å²) >= 11 is 0. The number of ether oxygens (including phenoxy) is 1. The summed E-state index contributed by atoms with van der Waals surface area (Å²) in [7, 11) is 1.65. The fourth-order valence-electron chi connectivity index (χ4n) is 5.69. The minimum Gasteiger partial charge on any atom is -0.383 e. The normalized spacial score (nSPS) is 43.5. The molecular formula is C16H28N2O2. The summed E-state index contributed by atoms with van der Waals surface area (Å²) < 4.78 is 5.14. The molecule has 4 fully saturated rings. The molecule has 0 saturated heterocycles. The van der Waals surface area contributed by atoms with Crippen LogP contribution in [0.5, 0.6) is 0 Å². The first-order valence-electron chi connectivity index (χ1n) is 7.99. The number of nitrogens with two attached hydrogens (primary N) is 1. The fourth-order valence-corrected chi connectivity index (χ4v) is 5.69. The van der Waals surface area contributed by atoms with Crippen molar-refractivity contribution in [3.8, 4) is 0 Å². The standard InChI is InChI=1S/C16H28N2O2/c1-15-4-11-3-12(5-15)7-16(6-11,10-15)14(19)18-13(8-17)9-20-2/h11-13H,3-10,17H2,1-2H3,(H,18,19). The van der Waals surface area contributed by atoms with E-state index >= 15 is 0 Å². The summed E-state index contributed by atoms with van der Waals surface area (Å²) in [4.78, 5) is 12.9. The van der Waals surface area contributed by atoms with Crippen molar-refractivity contribution in [1.29, 1.82) is 0 Å². The van der Waals surface area contributed by atoms with Gasteiger partial charge in [-0.3, -0.25) is 4.79 Å². The van der Waals surface area contributed by atoms with Crippen LogP contribution in [0.1, 0.15) is 45.4 Å². The van der Waals surface area contributed by atoms with E-state index in [2.05, 4.69) is 12.2 Å². The predicted octanol–water partition coefficient (Wildman–Crippen LogP) is 1.68. The predicted molar refractivity (Wildman–Crippen MR) is 78.1 cm³/mol. The van der Waals surface area contributed by atoms with E-state index in [-0.39, 0.29) is 17.4 Å². The summed E-state index contributed by atoms with van der Waals surface area (Å²) in [6, 6.07) is -0.0479. The van der Waals surface area contributed by atoms with Gasteiger partial charge in [-0.05, 0) is 55.8 Å². The van der Waals surface area contributed by atoms with Crippen LogP contribution < -0.4 is 11.1 Å². The molecule has 4 aliphatic carbocycles. The van der Waals surface area contributed by atoms with Gasteiger partial charge in [0.2, 0.25) is 5.91 Å². The molecular weight excluding hydrogens is 252 g/mol. The van der Waals surface area contributed by atoms with Crippen LogP contribution in [0.25, 0.3) is 0 Å². The van der Waals surface area contributed by atoms with E-state index in [0.29, 0.717) is 18.6 Å². The van der Waals surface area contributed by atoms with Crippen LogP contribution in [0.3, 0.4) is 0 Å². The quantitative estimate of drug-likeness (QED) is 0.805. The maximum absolute atomic E-state index is 12.9. The summed E-state index contributed by atoms with van der Waals surface area (Å²) in [5.74, 6) is 1.78. The van der Waals surface area contributed by atoms with Crippen molar-refractivity contribution in [3.05, 3.63) is 0 Å². The molecule has 0 aromatic carbocycles. The van der Waals surface area contributed by atoms with Gasteiger partial charge in [0, 0.05) is 13.7 Å². The Morgan fingerprint density at radius 1 is 1.35 bits per heavy atom. The smallest absolute Gasteiger partial charge is 0.226 e. The summed E-state index contributed by atoms with van der Waals surface area (Å²) in [6.45, 7) is 3.34. The zero-order chi connectivity index (χ0) is 14.4. The molecule has 1 amide bonds. The molecule has 3 N–H and O–H groups in total. The third kappa shape index (κ3) is 2.37. The molecule has 0 aromatic heterocycles. The van der Waals surface area contributed by atoms with Crippen molar-refractivity contribution in [2.45, 2.75) is 51.5 Å². The van der Waals surface area contributed by atoms with Gasteiger partial charge in [-0.15, -0.1) is 0 Å².